The topological polar surface area (TPSA) is 42.6 Å². The van der Waals surface area contributed by atoms with E-state index in [2.05, 4.69) is 65.6 Å². The molecule has 1 fully saturated rings. The second kappa shape index (κ2) is 7.51. The first-order valence-corrected chi connectivity index (χ1v) is 11.2. The zero-order chi connectivity index (χ0) is 20.8. The highest BCUT2D eigenvalue weighted by molar-refractivity contribution is 8.14. The summed E-state index contributed by atoms with van der Waals surface area (Å²) < 4.78 is 7.66. The van der Waals surface area contributed by atoms with Gasteiger partial charge in [-0.2, -0.15) is 0 Å². The van der Waals surface area contributed by atoms with Gasteiger partial charge < -0.3 is 14.2 Å². The Bertz CT molecular complexity index is 1090. The molecule has 0 bridgehead atoms. The molecule has 0 spiro atoms. The van der Waals surface area contributed by atoms with Gasteiger partial charge in [-0.15, -0.1) is 0 Å². The second-order valence-electron chi connectivity index (χ2n) is 8.00. The smallest absolute Gasteiger partial charge is 0.160 e. The molecule has 30 heavy (non-hydrogen) atoms. The minimum Gasteiger partial charge on any atom is -0.497 e. The molecule has 1 saturated heterocycles. The summed E-state index contributed by atoms with van der Waals surface area (Å²) in [6.07, 6.45) is 1.87. The Balaban J connectivity index is 1.59. The van der Waals surface area contributed by atoms with Gasteiger partial charge in [-0.3, -0.25) is 9.98 Å². The van der Waals surface area contributed by atoms with Crippen molar-refractivity contribution >= 4 is 16.9 Å². The van der Waals surface area contributed by atoms with Gasteiger partial charge in [0.25, 0.3) is 0 Å². The average molecular weight is 419 g/mol. The first kappa shape index (κ1) is 19.2. The molecule has 1 aromatic carbocycles. The molecule has 0 aliphatic carbocycles. The third kappa shape index (κ3) is 3.10. The van der Waals surface area contributed by atoms with E-state index in [0.717, 1.165) is 28.8 Å². The Morgan fingerprint density at radius 1 is 1.10 bits per heavy atom. The SMILES string of the molecule is COc1ccc(-n2c(C)cc([C@@H]3[C@H](c4ccccn4)N=C4S[C@H](C)CN43)c2C)cc1. The van der Waals surface area contributed by atoms with Crippen molar-refractivity contribution in [3.8, 4) is 11.4 Å². The Hall–Kier alpha value is -2.73. The maximum atomic E-state index is 5.33. The first-order chi connectivity index (χ1) is 14.6. The summed E-state index contributed by atoms with van der Waals surface area (Å²) in [6, 6.07) is 16.9. The van der Waals surface area contributed by atoms with Crippen LogP contribution in [0.5, 0.6) is 5.75 Å². The normalized spacial score (nSPS) is 22.9. The Morgan fingerprint density at radius 2 is 1.90 bits per heavy atom. The minimum absolute atomic E-state index is 0.0195. The summed E-state index contributed by atoms with van der Waals surface area (Å²) in [5.74, 6) is 0.869. The first-order valence-electron chi connectivity index (χ1n) is 10.3. The zero-order valence-corrected chi connectivity index (χ0v) is 18.6. The summed E-state index contributed by atoms with van der Waals surface area (Å²) in [5, 5.41) is 1.71. The summed E-state index contributed by atoms with van der Waals surface area (Å²) in [5.41, 5.74) is 5.99. The molecule has 0 radical (unpaired) electrons. The maximum Gasteiger partial charge on any atom is 0.160 e. The number of rotatable bonds is 4. The number of thioether (sulfide) groups is 1. The third-order valence-corrected chi connectivity index (χ3v) is 7.10. The highest BCUT2D eigenvalue weighted by atomic mass is 32.2. The summed E-state index contributed by atoms with van der Waals surface area (Å²) in [4.78, 5) is 12.3. The van der Waals surface area contributed by atoms with E-state index in [4.69, 9.17) is 9.73 Å². The van der Waals surface area contributed by atoms with Crippen molar-refractivity contribution in [2.24, 2.45) is 4.99 Å². The van der Waals surface area contributed by atoms with Crippen molar-refractivity contribution in [2.75, 3.05) is 13.7 Å². The summed E-state index contributed by atoms with van der Waals surface area (Å²) in [6.45, 7) is 7.68. The number of fused-ring (bicyclic) bond motifs is 1. The van der Waals surface area contributed by atoms with Crippen LogP contribution in [0.15, 0.2) is 59.7 Å². The number of hydrogen-bond donors (Lipinski definition) is 0. The van der Waals surface area contributed by atoms with Crippen LogP contribution in [0.4, 0.5) is 0 Å². The number of pyridine rings is 1. The van der Waals surface area contributed by atoms with E-state index in [0.29, 0.717) is 5.25 Å². The fraction of sp³-hybridized carbons (Fsp3) is 0.333. The molecule has 4 heterocycles. The lowest BCUT2D eigenvalue weighted by Gasteiger charge is -2.27. The molecule has 0 N–H and O–H groups in total. The number of ether oxygens (including phenoxy) is 1. The molecule has 5 nitrogen and oxygen atoms in total. The van der Waals surface area contributed by atoms with E-state index in [1.165, 1.54) is 17.0 Å². The monoisotopic (exact) mass is 418 g/mol. The van der Waals surface area contributed by atoms with Crippen LogP contribution in [-0.2, 0) is 0 Å². The Labute approximate surface area is 181 Å². The van der Waals surface area contributed by atoms with E-state index in [1.807, 2.05) is 36.2 Å². The number of hydrogen-bond acceptors (Lipinski definition) is 5. The fourth-order valence-electron chi connectivity index (χ4n) is 4.67. The van der Waals surface area contributed by atoms with Crippen LogP contribution >= 0.6 is 11.8 Å². The lowest BCUT2D eigenvalue weighted by atomic mass is 9.96. The Kier molecular flexibility index (Phi) is 4.82. The van der Waals surface area contributed by atoms with Crippen LogP contribution in [-0.4, -0.2) is 38.5 Å². The van der Waals surface area contributed by atoms with Crippen LogP contribution in [0.25, 0.3) is 5.69 Å². The fourth-order valence-corrected chi connectivity index (χ4v) is 5.76. The standard InChI is InChI=1S/C24H26N4OS/c1-15-13-20(17(3)28(15)18-8-10-19(29-4)11-9-18)23-22(21-7-5-6-12-25-21)26-24-27(23)14-16(2)30-24/h5-13,16,22-23H,14H2,1-4H3/t16-,22+,23-/m1/s1. The maximum absolute atomic E-state index is 5.33. The molecular formula is C24H26N4OS. The van der Waals surface area contributed by atoms with Crippen molar-refractivity contribution < 1.29 is 4.74 Å². The quantitative estimate of drug-likeness (QED) is 0.592. The number of aliphatic imine (C=N–C) groups is 1. The van der Waals surface area contributed by atoms with E-state index in [1.54, 1.807) is 7.11 Å². The number of benzene rings is 1. The van der Waals surface area contributed by atoms with Crippen LogP contribution in [0.3, 0.4) is 0 Å². The number of amidine groups is 1. The van der Waals surface area contributed by atoms with Crippen molar-refractivity contribution in [3.05, 3.63) is 77.4 Å². The van der Waals surface area contributed by atoms with Gasteiger partial charge in [-0.25, -0.2) is 0 Å². The van der Waals surface area contributed by atoms with Gasteiger partial charge in [-0.1, -0.05) is 24.8 Å². The molecule has 0 amide bonds. The summed E-state index contributed by atoms with van der Waals surface area (Å²) >= 11 is 1.88. The largest absolute Gasteiger partial charge is 0.497 e. The highest BCUT2D eigenvalue weighted by Gasteiger charge is 2.44. The van der Waals surface area contributed by atoms with Gasteiger partial charge in [0.05, 0.1) is 18.8 Å². The molecule has 0 unspecified atom stereocenters. The number of aromatic nitrogens is 2. The third-order valence-electron chi connectivity index (χ3n) is 6.00. The van der Waals surface area contributed by atoms with Crippen molar-refractivity contribution in [1.29, 1.82) is 0 Å². The van der Waals surface area contributed by atoms with E-state index < -0.39 is 0 Å². The van der Waals surface area contributed by atoms with E-state index >= 15 is 0 Å². The second-order valence-corrected chi connectivity index (χ2v) is 9.40. The molecule has 5 rings (SSSR count). The lowest BCUT2D eigenvalue weighted by Crippen LogP contribution is -2.28. The van der Waals surface area contributed by atoms with Gasteiger partial charge in [0.2, 0.25) is 0 Å². The van der Waals surface area contributed by atoms with Gasteiger partial charge in [0, 0.05) is 35.1 Å². The Morgan fingerprint density at radius 3 is 2.60 bits per heavy atom. The molecule has 2 aliphatic rings. The summed E-state index contributed by atoms with van der Waals surface area (Å²) in [7, 11) is 1.70. The molecule has 3 aromatic rings. The van der Waals surface area contributed by atoms with Crippen molar-refractivity contribution in [2.45, 2.75) is 38.1 Å². The number of methoxy groups -OCH3 is 1. The molecular weight excluding hydrogens is 392 g/mol. The van der Waals surface area contributed by atoms with Gasteiger partial charge in [0.1, 0.15) is 11.8 Å². The van der Waals surface area contributed by atoms with Crippen molar-refractivity contribution in [1.82, 2.24) is 14.5 Å². The predicted octanol–water partition coefficient (Wildman–Crippen LogP) is 5.09. The van der Waals surface area contributed by atoms with E-state index in [-0.39, 0.29) is 12.1 Å². The number of nitrogens with zero attached hydrogens (tertiary/aromatic N) is 4. The van der Waals surface area contributed by atoms with Crippen LogP contribution < -0.4 is 4.74 Å². The molecule has 0 saturated carbocycles. The van der Waals surface area contributed by atoms with E-state index in [9.17, 15) is 0 Å². The molecule has 6 heteroatoms. The molecule has 3 atom stereocenters. The van der Waals surface area contributed by atoms with Gasteiger partial charge in [-0.05, 0) is 61.9 Å². The minimum atomic E-state index is 0.0195. The lowest BCUT2D eigenvalue weighted by molar-refractivity contribution is 0.320. The molecule has 154 valence electrons. The van der Waals surface area contributed by atoms with Crippen LogP contribution in [0, 0.1) is 13.8 Å². The predicted molar refractivity (Wildman–Crippen MR) is 123 cm³/mol. The van der Waals surface area contributed by atoms with Gasteiger partial charge >= 0.3 is 0 Å². The number of aryl methyl sites for hydroxylation is 1. The van der Waals surface area contributed by atoms with Crippen molar-refractivity contribution in [3.63, 3.8) is 0 Å². The van der Waals surface area contributed by atoms with Crippen LogP contribution in [0.2, 0.25) is 0 Å². The average Bonchev–Trinajstić information content (AvgIpc) is 3.38. The van der Waals surface area contributed by atoms with Gasteiger partial charge in [0.15, 0.2) is 5.17 Å². The molecule has 2 aromatic heterocycles. The highest BCUT2D eigenvalue weighted by Crippen LogP contribution is 2.48. The van der Waals surface area contributed by atoms with Crippen LogP contribution in [0.1, 0.15) is 41.7 Å². The zero-order valence-electron chi connectivity index (χ0n) is 17.7. The molecule has 2 aliphatic heterocycles.